The molecule has 120 valence electrons. The van der Waals surface area contributed by atoms with E-state index in [0.717, 1.165) is 17.9 Å². The normalized spacial score (nSPS) is 28.2. The number of rotatable bonds is 4. The van der Waals surface area contributed by atoms with Gasteiger partial charge in [0.15, 0.2) is 0 Å². The zero-order valence-electron chi connectivity index (χ0n) is 13.3. The van der Waals surface area contributed by atoms with Gasteiger partial charge in [-0.2, -0.15) is 0 Å². The summed E-state index contributed by atoms with van der Waals surface area (Å²) in [7, 11) is 3.13. The Balaban J connectivity index is 1.81. The fourth-order valence-electron chi connectivity index (χ4n) is 4.00. The van der Waals surface area contributed by atoms with Gasteiger partial charge >= 0.3 is 5.97 Å². The molecule has 0 radical (unpaired) electrons. The lowest BCUT2D eigenvalue weighted by atomic mass is 9.85. The van der Waals surface area contributed by atoms with Crippen LogP contribution >= 0.6 is 0 Å². The summed E-state index contributed by atoms with van der Waals surface area (Å²) in [6, 6.07) is 4.14. The number of hydrogen-bond donors (Lipinski definition) is 0. The zero-order valence-corrected chi connectivity index (χ0v) is 13.3. The molecule has 0 aromatic carbocycles. The number of aromatic nitrogens is 1. The van der Waals surface area contributed by atoms with Gasteiger partial charge in [-0.15, -0.1) is 0 Å². The molecule has 1 saturated carbocycles. The Labute approximate surface area is 131 Å². The van der Waals surface area contributed by atoms with Crippen molar-refractivity contribution < 1.29 is 14.3 Å². The predicted octanol–water partition coefficient (Wildman–Crippen LogP) is 2.40. The van der Waals surface area contributed by atoms with Crippen molar-refractivity contribution in [2.75, 3.05) is 14.2 Å². The van der Waals surface area contributed by atoms with Crippen LogP contribution in [-0.4, -0.2) is 42.2 Å². The lowest BCUT2D eigenvalue weighted by Crippen LogP contribution is -2.42. The van der Waals surface area contributed by atoms with Gasteiger partial charge in [-0.25, -0.2) is 0 Å². The van der Waals surface area contributed by atoms with Crippen molar-refractivity contribution in [1.29, 1.82) is 0 Å². The first kappa shape index (κ1) is 15.3. The first-order chi connectivity index (χ1) is 10.7. The summed E-state index contributed by atoms with van der Waals surface area (Å²) < 4.78 is 10.3. The summed E-state index contributed by atoms with van der Waals surface area (Å²) in [6.45, 7) is 0.679. The number of fused-ring (bicyclic) bond motifs is 1. The van der Waals surface area contributed by atoms with E-state index in [9.17, 15) is 4.79 Å². The number of likely N-dealkylation sites (tertiary alicyclic amines) is 1. The Morgan fingerprint density at radius 3 is 2.95 bits per heavy atom. The van der Waals surface area contributed by atoms with Crippen molar-refractivity contribution in [2.45, 2.75) is 50.7 Å². The Morgan fingerprint density at radius 2 is 2.18 bits per heavy atom. The van der Waals surface area contributed by atoms with Gasteiger partial charge < -0.3 is 9.47 Å². The number of hydrogen-bond acceptors (Lipinski definition) is 5. The van der Waals surface area contributed by atoms with Gasteiger partial charge in [0.25, 0.3) is 0 Å². The average Bonchev–Trinajstić information content (AvgIpc) is 2.93. The number of carbonyl (C=O) groups is 1. The number of pyridine rings is 1. The number of ether oxygens (including phenoxy) is 2. The van der Waals surface area contributed by atoms with Gasteiger partial charge in [0, 0.05) is 24.8 Å². The maximum Gasteiger partial charge on any atom is 0.323 e. The Hall–Kier alpha value is -1.62. The molecule has 0 spiro atoms. The zero-order chi connectivity index (χ0) is 15.5. The molecule has 0 amide bonds. The van der Waals surface area contributed by atoms with Crippen LogP contribution in [0.25, 0.3) is 0 Å². The average molecular weight is 304 g/mol. The van der Waals surface area contributed by atoms with Crippen molar-refractivity contribution in [3.63, 3.8) is 0 Å². The first-order valence-electron chi connectivity index (χ1n) is 8.05. The van der Waals surface area contributed by atoms with Crippen LogP contribution in [0.1, 0.15) is 37.8 Å². The lowest BCUT2D eigenvalue weighted by molar-refractivity contribution is -0.146. The molecular formula is C17H24N2O3. The molecule has 0 unspecified atom stereocenters. The molecule has 5 heteroatoms. The van der Waals surface area contributed by atoms with Crippen LogP contribution in [0.15, 0.2) is 18.3 Å². The molecule has 3 rings (SSSR count). The van der Waals surface area contributed by atoms with E-state index in [1.165, 1.54) is 32.8 Å². The SMILES string of the molecule is COC(=O)[C@@H]1C[C@H]2CCCC[C@@H]2N1Cc1cc(OC)ccn1. The summed E-state index contributed by atoms with van der Waals surface area (Å²) in [5, 5.41) is 0. The molecule has 1 aliphatic heterocycles. The highest BCUT2D eigenvalue weighted by molar-refractivity contribution is 5.76. The molecule has 2 aliphatic rings. The highest BCUT2D eigenvalue weighted by Crippen LogP contribution is 2.40. The molecule has 22 heavy (non-hydrogen) atoms. The van der Waals surface area contributed by atoms with Crippen molar-refractivity contribution in [3.8, 4) is 5.75 Å². The van der Waals surface area contributed by atoms with Crippen LogP contribution < -0.4 is 4.74 Å². The Morgan fingerprint density at radius 1 is 1.36 bits per heavy atom. The molecule has 1 aliphatic carbocycles. The van der Waals surface area contributed by atoms with Crippen molar-refractivity contribution in [1.82, 2.24) is 9.88 Å². The van der Waals surface area contributed by atoms with Gasteiger partial charge in [0.2, 0.25) is 0 Å². The van der Waals surface area contributed by atoms with Crippen LogP contribution in [0.4, 0.5) is 0 Å². The van der Waals surface area contributed by atoms with Gasteiger partial charge in [0.05, 0.1) is 19.9 Å². The Kier molecular flexibility index (Phi) is 4.62. The topological polar surface area (TPSA) is 51.7 Å². The third-order valence-corrected chi connectivity index (χ3v) is 5.06. The highest BCUT2D eigenvalue weighted by Gasteiger charge is 2.45. The van der Waals surface area contributed by atoms with E-state index < -0.39 is 0 Å². The van der Waals surface area contributed by atoms with Crippen LogP contribution in [0.5, 0.6) is 5.75 Å². The van der Waals surface area contributed by atoms with Gasteiger partial charge in [0.1, 0.15) is 11.8 Å². The number of esters is 1. The largest absolute Gasteiger partial charge is 0.497 e. The molecule has 1 aromatic heterocycles. The van der Waals surface area contributed by atoms with E-state index in [1.54, 1.807) is 13.3 Å². The summed E-state index contributed by atoms with van der Waals surface area (Å²) >= 11 is 0. The molecule has 0 N–H and O–H groups in total. The molecule has 2 heterocycles. The van der Waals surface area contributed by atoms with Crippen molar-refractivity contribution >= 4 is 5.97 Å². The second-order valence-electron chi connectivity index (χ2n) is 6.25. The molecule has 5 nitrogen and oxygen atoms in total. The minimum atomic E-state index is -0.133. The van der Waals surface area contributed by atoms with E-state index in [-0.39, 0.29) is 12.0 Å². The van der Waals surface area contributed by atoms with Crippen LogP contribution in [0.2, 0.25) is 0 Å². The highest BCUT2D eigenvalue weighted by atomic mass is 16.5. The number of methoxy groups -OCH3 is 2. The van der Waals surface area contributed by atoms with Crippen LogP contribution in [0, 0.1) is 5.92 Å². The minimum Gasteiger partial charge on any atom is -0.497 e. The summed E-state index contributed by atoms with van der Waals surface area (Å²) in [4.78, 5) is 18.9. The van der Waals surface area contributed by atoms with E-state index in [0.29, 0.717) is 18.5 Å². The fourth-order valence-corrected chi connectivity index (χ4v) is 4.00. The maximum absolute atomic E-state index is 12.2. The summed E-state index contributed by atoms with van der Waals surface area (Å²) in [5.74, 6) is 1.31. The molecule has 1 aromatic rings. The van der Waals surface area contributed by atoms with Gasteiger partial charge in [-0.3, -0.25) is 14.7 Å². The van der Waals surface area contributed by atoms with Crippen molar-refractivity contribution in [3.05, 3.63) is 24.0 Å². The van der Waals surface area contributed by atoms with Crippen LogP contribution in [0.3, 0.4) is 0 Å². The predicted molar refractivity (Wildman–Crippen MR) is 82.5 cm³/mol. The van der Waals surface area contributed by atoms with Crippen LogP contribution in [-0.2, 0) is 16.1 Å². The second kappa shape index (κ2) is 6.65. The molecule has 2 fully saturated rings. The van der Waals surface area contributed by atoms with E-state index in [2.05, 4.69) is 9.88 Å². The number of carbonyl (C=O) groups excluding carboxylic acids is 1. The smallest absolute Gasteiger partial charge is 0.323 e. The van der Waals surface area contributed by atoms with Gasteiger partial charge in [-0.05, 0) is 31.2 Å². The minimum absolute atomic E-state index is 0.114. The Bertz CT molecular complexity index is 534. The second-order valence-corrected chi connectivity index (χ2v) is 6.25. The van der Waals surface area contributed by atoms with E-state index >= 15 is 0 Å². The fraction of sp³-hybridized carbons (Fsp3) is 0.647. The van der Waals surface area contributed by atoms with Crippen molar-refractivity contribution in [2.24, 2.45) is 5.92 Å². The quantitative estimate of drug-likeness (QED) is 0.800. The number of nitrogens with zero attached hydrogens (tertiary/aromatic N) is 2. The third kappa shape index (κ3) is 2.95. The van der Waals surface area contributed by atoms with E-state index in [4.69, 9.17) is 9.47 Å². The molecular weight excluding hydrogens is 280 g/mol. The summed E-state index contributed by atoms with van der Waals surface area (Å²) in [5.41, 5.74) is 0.944. The monoisotopic (exact) mass is 304 g/mol. The third-order valence-electron chi connectivity index (χ3n) is 5.06. The van der Waals surface area contributed by atoms with Gasteiger partial charge in [-0.1, -0.05) is 12.8 Å². The summed E-state index contributed by atoms with van der Waals surface area (Å²) in [6.07, 6.45) is 7.59. The molecule has 3 atom stereocenters. The lowest BCUT2D eigenvalue weighted by Gasteiger charge is -2.33. The molecule has 1 saturated heterocycles. The van der Waals surface area contributed by atoms with E-state index in [1.807, 2.05) is 12.1 Å². The standard InChI is InChI=1S/C17H24N2O3/c1-21-14-7-8-18-13(10-14)11-19-15-6-4-3-5-12(15)9-16(19)17(20)22-2/h7-8,10,12,15-16H,3-6,9,11H2,1-2H3/t12-,15+,16+/m1/s1. The molecule has 0 bridgehead atoms. The maximum atomic E-state index is 12.2. The first-order valence-corrected chi connectivity index (χ1v) is 8.05.